The Bertz CT molecular complexity index is 1250. The van der Waals surface area contributed by atoms with Crippen molar-refractivity contribution in [2.75, 3.05) is 39.8 Å². The minimum atomic E-state index is -0.530. The molecule has 0 saturated carbocycles. The molecule has 8 heteroatoms. The predicted octanol–water partition coefficient (Wildman–Crippen LogP) is 1.63. The largest absolute Gasteiger partial charge is 0.497 e. The van der Waals surface area contributed by atoms with Crippen LogP contribution in [-0.2, 0) is 11.3 Å². The molecule has 0 atom stereocenters. The van der Waals surface area contributed by atoms with E-state index in [1.807, 2.05) is 13.0 Å². The van der Waals surface area contributed by atoms with Gasteiger partial charge in [0.25, 0.3) is 5.56 Å². The van der Waals surface area contributed by atoms with Gasteiger partial charge in [0.1, 0.15) is 12.3 Å². The fourth-order valence-electron chi connectivity index (χ4n) is 4.15. The first-order valence-electron chi connectivity index (χ1n) is 10.8. The number of ether oxygens (including phenoxy) is 1. The van der Waals surface area contributed by atoms with Gasteiger partial charge >= 0.3 is 5.69 Å². The Morgan fingerprint density at radius 2 is 1.69 bits per heavy atom. The van der Waals surface area contributed by atoms with Crippen molar-refractivity contribution in [1.82, 2.24) is 18.9 Å². The molecule has 1 aliphatic rings. The van der Waals surface area contributed by atoms with Crippen molar-refractivity contribution in [2.24, 2.45) is 0 Å². The summed E-state index contributed by atoms with van der Waals surface area (Å²) in [5, 5.41) is 0.407. The Morgan fingerprint density at radius 3 is 2.31 bits per heavy atom. The highest BCUT2D eigenvalue weighted by Crippen LogP contribution is 2.16. The topological polar surface area (TPSA) is 76.8 Å². The lowest BCUT2D eigenvalue weighted by Gasteiger charge is -2.34. The molecule has 32 heavy (non-hydrogen) atoms. The fraction of sp³-hybridized carbons (Fsp3) is 0.375. The van der Waals surface area contributed by atoms with E-state index >= 15 is 0 Å². The number of carbonyl (C=O) groups is 1. The monoisotopic (exact) mass is 436 g/mol. The number of fused-ring (bicyclic) bond motifs is 1. The summed E-state index contributed by atoms with van der Waals surface area (Å²) in [5.74, 6) is 0.504. The molecular weight excluding hydrogens is 408 g/mol. The lowest BCUT2D eigenvalue weighted by Crippen LogP contribution is -2.50. The van der Waals surface area contributed by atoms with Crippen molar-refractivity contribution in [2.45, 2.75) is 20.4 Å². The molecule has 4 rings (SSSR count). The van der Waals surface area contributed by atoms with Crippen molar-refractivity contribution >= 4 is 16.8 Å². The summed E-state index contributed by atoms with van der Waals surface area (Å²) in [6.45, 7) is 7.76. The van der Waals surface area contributed by atoms with Gasteiger partial charge in [-0.25, -0.2) is 9.36 Å². The van der Waals surface area contributed by atoms with Crippen molar-refractivity contribution in [3.63, 3.8) is 0 Å². The van der Waals surface area contributed by atoms with Crippen LogP contribution in [0.5, 0.6) is 5.75 Å². The van der Waals surface area contributed by atoms with Gasteiger partial charge in [-0.2, -0.15) is 0 Å². The van der Waals surface area contributed by atoms with Crippen LogP contribution in [0.15, 0.2) is 52.1 Å². The van der Waals surface area contributed by atoms with Crippen LogP contribution < -0.4 is 16.0 Å². The number of benzene rings is 2. The summed E-state index contributed by atoms with van der Waals surface area (Å²) in [4.78, 5) is 43.9. The maximum absolute atomic E-state index is 13.5. The number of nitrogens with zero attached hydrogens (tertiary/aromatic N) is 4. The highest BCUT2D eigenvalue weighted by Gasteiger charge is 2.23. The van der Waals surface area contributed by atoms with E-state index in [4.69, 9.17) is 4.74 Å². The highest BCUT2D eigenvalue weighted by atomic mass is 16.5. The molecule has 0 aliphatic carbocycles. The van der Waals surface area contributed by atoms with E-state index in [0.717, 1.165) is 29.8 Å². The minimum Gasteiger partial charge on any atom is -0.497 e. The van der Waals surface area contributed by atoms with Crippen molar-refractivity contribution < 1.29 is 9.53 Å². The van der Waals surface area contributed by atoms with Gasteiger partial charge < -0.3 is 14.5 Å². The van der Waals surface area contributed by atoms with E-state index in [-0.39, 0.29) is 12.5 Å². The van der Waals surface area contributed by atoms with Gasteiger partial charge in [-0.05, 0) is 49.9 Å². The fourth-order valence-corrected chi connectivity index (χ4v) is 4.15. The Hall–Kier alpha value is -3.39. The number of aryl methyl sites for hydroxylation is 1. The first-order valence-corrected chi connectivity index (χ1v) is 10.8. The molecule has 0 spiro atoms. The Morgan fingerprint density at radius 1 is 1.00 bits per heavy atom. The maximum atomic E-state index is 13.5. The summed E-state index contributed by atoms with van der Waals surface area (Å²) >= 11 is 0. The smallest absolute Gasteiger partial charge is 0.336 e. The van der Waals surface area contributed by atoms with E-state index in [1.54, 1.807) is 48.4 Å². The van der Waals surface area contributed by atoms with E-state index in [1.165, 1.54) is 4.57 Å². The van der Waals surface area contributed by atoms with Gasteiger partial charge in [0.15, 0.2) is 0 Å². The standard InChI is InChI=1S/C24H28N4O4/c1-4-25-11-13-26(14-12-25)22(29)16-27-21-10-5-17(2)15-20(21)23(30)28(24(27)31)18-6-8-19(32-3)9-7-18/h5-10,15H,4,11-14,16H2,1-3H3. The maximum Gasteiger partial charge on any atom is 0.336 e. The number of hydrogen-bond donors (Lipinski definition) is 0. The molecule has 0 N–H and O–H groups in total. The number of carbonyl (C=O) groups excluding carboxylic acids is 1. The molecule has 1 fully saturated rings. The number of piperazine rings is 1. The highest BCUT2D eigenvalue weighted by molar-refractivity contribution is 5.82. The van der Waals surface area contributed by atoms with Crippen LogP contribution in [0.25, 0.3) is 16.6 Å². The molecule has 1 amide bonds. The van der Waals surface area contributed by atoms with Crippen LogP contribution in [0.2, 0.25) is 0 Å². The third-order valence-electron chi connectivity index (χ3n) is 6.09. The zero-order valence-electron chi connectivity index (χ0n) is 18.7. The molecule has 0 radical (unpaired) electrons. The number of likely N-dealkylation sites (N-methyl/N-ethyl adjacent to an activating group) is 1. The Kier molecular flexibility index (Phi) is 6.14. The van der Waals surface area contributed by atoms with Gasteiger partial charge in [0, 0.05) is 26.2 Å². The van der Waals surface area contributed by atoms with Crippen LogP contribution in [-0.4, -0.2) is 64.7 Å². The summed E-state index contributed by atoms with van der Waals surface area (Å²) in [7, 11) is 1.55. The lowest BCUT2D eigenvalue weighted by molar-refractivity contribution is -0.133. The van der Waals surface area contributed by atoms with Crippen molar-refractivity contribution in [3.8, 4) is 11.4 Å². The third kappa shape index (κ3) is 4.05. The molecule has 1 aliphatic heterocycles. The van der Waals surface area contributed by atoms with Crippen LogP contribution in [0.4, 0.5) is 0 Å². The summed E-state index contributed by atoms with van der Waals surface area (Å²) in [6.07, 6.45) is 0. The molecule has 1 aromatic heterocycles. The van der Waals surface area contributed by atoms with Crippen LogP contribution in [0.1, 0.15) is 12.5 Å². The SMILES string of the molecule is CCN1CCN(C(=O)Cn2c(=O)n(-c3ccc(OC)cc3)c(=O)c3cc(C)ccc32)CC1. The van der Waals surface area contributed by atoms with Gasteiger partial charge in [-0.1, -0.05) is 18.6 Å². The third-order valence-corrected chi connectivity index (χ3v) is 6.09. The molecule has 0 bridgehead atoms. The van der Waals surface area contributed by atoms with E-state index < -0.39 is 11.2 Å². The van der Waals surface area contributed by atoms with Crippen LogP contribution in [0, 0.1) is 6.92 Å². The van der Waals surface area contributed by atoms with Gasteiger partial charge in [-0.3, -0.25) is 14.2 Å². The van der Waals surface area contributed by atoms with Crippen molar-refractivity contribution in [1.29, 1.82) is 0 Å². The predicted molar refractivity (Wildman–Crippen MR) is 124 cm³/mol. The molecular formula is C24H28N4O4. The number of amides is 1. The van der Waals surface area contributed by atoms with Gasteiger partial charge in [-0.15, -0.1) is 0 Å². The zero-order chi connectivity index (χ0) is 22.8. The Labute approximate surface area is 186 Å². The molecule has 2 aromatic carbocycles. The zero-order valence-corrected chi connectivity index (χ0v) is 18.7. The lowest BCUT2D eigenvalue weighted by atomic mass is 10.1. The number of hydrogen-bond acceptors (Lipinski definition) is 5. The second-order valence-electron chi connectivity index (χ2n) is 8.04. The molecule has 3 aromatic rings. The summed E-state index contributed by atoms with van der Waals surface area (Å²) in [5.41, 5.74) is 0.872. The minimum absolute atomic E-state index is 0.110. The molecule has 0 unspecified atom stereocenters. The summed E-state index contributed by atoms with van der Waals surface area (Å²) < 4.78 is 7.73. The van der Waals surface area contributed by atoms with Crippen LogP contribution >= 0.6 is 0 Å². The second-order valence-corrected chi connectivity index (χ2v) is 8.04. The van der Waals surface area contributed by atoms with Gasteiger partial charge in [0.05, 0.1) is 23.7 Å². The quantitative estimate of drug-likeness (QED) is 0.608. The molecule has 2 heterocycles. The first kappa shape index (κ1) is 21.8. The number of methoxy groups -OCH3 is 1. The van der Waals surface area contributed by atoms with E-state index in [9.17, 15) is 14.4 Å². The average molecular weight is 437 g/mol. The molecule has 168 valence electrons. The molecule has 1 saturated heterocycles. The molecule has 8 nitrogen and oxygen atoms in total. The number of aromatic nitrogens is 2. The van der Waals surface area contributed by atoms with Crippen molar-refractivity contribution in [3.05, 3.63) is 68.9 Å². The average Bonchev–Trinajstić information content (AvgIpc) is 2.82. The van der Waals surface area contributed by atoms with E-state index in [2.05, 4.69) is 11.8 Å². The normalized spacial score (nSPS) is 14.7. The van der Waals surface area contributed by atoms with E-state index in [0.29, 0.717) is 35.4 Å². The second kappa shape index (κ2) is 9.00. The van der Waals surface area contributed by atoms with Gasteiger partial charge in [0.2, 0.25) is 5.91 Å². The first-order chi connectivity index (χ1) is 15.4. The van der Waals surface area contributed by atoms with Crippen LogP contribution in [0.3, 0.4) is 0 Å². The number of rotatable bonds is 5. The Balaban J connectivity index is 1.80. The summed E-state index contributed by atoms with van der Waals surface area (Å²) in [6, 6.07) is 12.1.